The van der Waals surface area contributed by atoms with E-state index in [-0.39, 0.29) is 24.4 Å². The molecule has 4 heteroatoms. The monoisotopic (exact) mass is 358 g/mol. The van der Waals surface area contributed by atoms with Gasteiger partial charge in [-0.15, -0.1) is 0 Å². The summed E-state index contributed by atoms with van der Waals surface area (Å²) in [5, 5.41) is 4.97. The minimum absolute atomic E-state index is 0.0157. The standard InChI is InChI=1S/C23H22N2O2/c1-14-10-11-18(12-15(14)2)16(3)24-21(26)13-25-20-9-5-7-17-6-4-8-19(22(17)20)23(25)27/h4-12,16H,13H2,1-3H3,(H,24,26). The van der Waals surface area contributed by atoms with Crippen LogP contribution in [-0.4, -0.2) is 18.4 Å². The van der Waals surface area contributed by atoms with Crippen LogP contribution in [0.25, 0.3) is 10.8 Å². The van der Waals surface area contributed by atoms with Gasteiger partial charge in [0.1, 0.15) is 6.54 Å². The second-order valence-corrected chi connectivity index (χ2v) is 7.21. The summed E-state index contributed by atoms with van der Waals surface area (Å²) in [5.41, 5.74) is 4.96. The largest absolute Gasteiger partial charge is 0.348 e. The zero-order valence-corrected chi connectivity index (χ0v) is 15.7. The van der Waals surface area contributed by atoms with Crippen LogP contribution in [0.1, 0.15) is 40.0 Å². The van der Waals surface area contributed by atoms with E-state index in [0.29, 0.717) is 5.56 Å². The van der Waals surface area contributed by atoms with Crippen molar-refractivity contribution in [3.8, 4) is 0 Å². The minimum atomic E-state index is -0.168. The van der Waals surface area contributed by atoms with Gasteiger partial charge in [0.25, 0.3) is 5.91 Å². The molecule has 4 nitrogen and oxygen atoms in total. The Kier molecular flexibility index (Phi) is 4.19. The molecule has 1 aliphatic heterocycles. The molecule has 136 valence electrons. The molecule has 1 unspecified atom stereocenters. The first kappa shape index (κ1) is 17.3. The number of aryl methyl sites for hydroxylation is 2. The van der Waals surface area contributed by atoms with Gasteiger partial charge in [0.2, 0.25) is 5.91 Å². The fourth-order valence-electron chi connectivity index (χ4n) is 3.68. The lowest BCUT2D eigenvalue weighted by atomic mass is 10.0. The molecule has 0 spiro atoms. The van der Waals surface area contributed by atoms with Crippen LogP contribution >= 0.6 is 0 Å². The molecule has 3 aromatic rings. The number of carbonyl (C=O) groups excluding carboxylic acids is 2. The number of nitrogens with one attached hydrogen (secondary N) is 1. The lowest BCUT2D eigenvalue weighted by Gasteiger charge is -2.20. The summed E-state index contributed by atoms with van der Waals surface area (Å²) in [6.07, 6.45) is 0. The van der Waals surface area contributed by atoms with Gasteiger partial charge in [-0.2, -0.15) is 0 Å². The van der Waals surface area contributed by atoms with Crippen LogP contribution in [0, 0.1) is 13.8 Å². The van der Waals surface area contributed by atoms with Gasteiger partial charge in [0.15, 0.2) is 0 Å². The van der Waals surface area contributed by atoms with Gasteiger partial charge in [0, 0.05) is 10.9 Å². The van der Waals surface area contributed by atoms with E-state index in [1.54, 1.807) is 4.90 Å². The lowest BCUT2D eigenvalue weighted by molar-refractivity contribution is -0.120. The molecule has 1 heterocycles. The first-order chi connectivity index (χ1) is 13.0. The number of amides is 2. The topological polar surface area (TPSA) is 49.4 Å². The van der Waals surface area contributed by atoms with Gasteiger partial charge in [-0.05, 0) is 55.0 Å². The molecule has 27 heavy (non-hydrogen) atoms. The normalized spacial score (nSPS) is 13.9. The predicted octanol–water partition coefficient (Wildman–Crippen LogP) is 4.29. The molecule has 1 aliphatic rings. The van der Waals surface area contributed by atoms with Crippen molar-refractivity contribution in [2.45, 2.75) is 26.8 Å². The zero-order valence-electron chi connectivity index (χ0n) is 15.7. The lowest BCUT2D eigenvalue weighted by Crippen LogP contribution is -2.39. The van der Waals surface area contributed by atoms with E-state index in [0.717, 1.165) is 22.0 Å². The molecule has 0 saturated carbocycles. The third kappa shape index (κ3) is 2.97. The highest BCUT2D eigenvalue weighted by Gasteiger charge is 2.31. The highest BCUT2D eigenvalue weighted by atomic mass is 16.2. The second-order valence-electron chi connectivity index (χ2n) is 7.21. The third-order valence-corrected chi connectivity index (χ3v) is 5.36. The Morgan fingerprint density at radius 3 is 2.52 bits per heavy atom. The zero-order chi connectivity index (χ0) is 19.1. The summed E-state index contributed by atoms with van der Waals surface area (Å²) in [7, 11) is 0. The highest BCUT2D eigenvalue weighted by molar-refractivity contribution is 6.26. The maximum absolute atomic E-state index is 12.8. The summed E-state index contributed by atoms with van der Waals surface area (Å²) in [6.45, 7) is 6.11. The number of benzene rings is 3. The fourth-order valence-corrected chi connectivity index (χ4v) is 3.68. The SMILES string of the molecule is Cc1ccc(C(C)NC(=O)CN2C(=O)c3cccc4cccc2c34)cc1C. The number of nitrogens with zero attached hydrogens (tertiary/aromatic N) is 1. The van der Waals surface area contributed by atoms with Crippen LogP contribution in [0.2, 0.25) is 0 Å². The van der Waals surface area contributed by atoms with E-state index in [1.807, 2.05) is 49.4 Å². The van der Waals surface area contributed by atoms with Crippen LogP contribution in [0.15, 0.2) is 54.6 Å². The summed E-state index contributed by atoms with van der Waals surface area (Å²) >= 11 is 0. The molecule has 0 fully saturated rings. The van der Waals surface area contributed by atoms with E-state index in [4.69, 9.17) is 0 Å². The van der Waals surface area contributed by atoms with Gasteiger partial charge in [-0.25, -0.2) is 0 Å². The van der Waals surface area contributed by atoms with Crippen LogP contribution in [-0.2, 0) is 4.79 Å². The van der Waals surface area contributed by atoms with Crippen LogP contribution < -0.4 is 10.2 Å². The molecular weight excluding hydrogens is 336 g/mol. The van der Waals surface area contributed by atoms with Crippen molar-refractivity contribution in [3.05, 3.63) is 76.9 Å². The van der Waals surface area contributed by atoms with Gasteiger partial charge >= 0.3 is 0 Å². The maximum atomic E-state index is 12.8. The molecule has 0 aromatic heterocycles. The average Bonchev–Trinajstić information content (AvgIpc) is 2.92. The molecule has 0 aliphatic carbocycles. The maximum Gasteiger partial charge on any atom is 0.259 e. The van der Waals surface area contributed by atoms with Crippen molar-refractivity contribution in [3.63, 3.8) is 0 Å². The molecule has 0 saturated heterocycles. The third-order valence-electron chi connectivity index (χ3n) is 5.36. The Morgan fingerprint density at radius 2 is 1.78 bits per heavy atom. The van der Waals surface area contributed by atoms with E-state index in [1.165, 1.54) is 11.1 Å². The Bertz CT molecular complexity index is 1070. The first-order valence-electron chi connectivity index (χ1n) is 9.16. The summed E-state index contributed by atoms with van der Waals surface area (Å²) in [6, 6.07) is 17.6. The molecule has 2 amide bonds. The molecule has 1 N–H and O–H groups in total. The fraction of sp³-hybridized carbons (Fsp3) is 0.217. The average molecular weight is 358 g/mol. The van der Waals surface area contributed by atoms with Gasteiger partial charge in [0.05, 0.1) is 11.7 Å². The Labute approximate surface area is 158 Å². The van der Waals surface area contributed by atoms with Crippen molar-refractivity contribution >= 4 is 28.3 Å². The van der Waals surface area contributed by atoms with Gasteiger partial charge in [-0.3, -0.25) is 14.5 Å². The van der Waals surface area contributed by atoms with Crippen LogP contribution in [0.4, 0.5) is 5.69 Å². The Morgan fingerprint density at radius 1 is 1.04 bits per heavy atom. The molecule has 1 atom stereocenters. The number of rotatable bonds is 4. The smallest absolute Gasteiger partial charge is 0.259 e. The summed E-state index contributed by atoms with van der Waals surface area (Å²) < 4.78 is 0. The second kappa shape index (κ2) is 6.54. The van der Waals surface area contributed by atoms with Crippen LogP contribution in [0.5, 0.6) is 0 Å². The van der Waals surface area contributed by atoms with Crippen molar-refractivity contribution in [2.24, 2.45) is 0 Å². The van der Waals surface area contributed by atoms with Crippen molar-refractivity contribution in [2.75, 3.05) is 11.4 Å². The molecule has 3 aromatic carbocycles. The molecular formula is C23H22N2O2. The molecule has 0 bridgehead atoms. The van der Waals surface area contributed by atoms with E-state index in [9.17, 15) is 9.59 Å². The summed E-state index contributed by atoms with van der Waals surface area (Å²) in [5.74, 6) is -0.283. The van der Waals surface area contributed by atoms with Crippen molar-refractivity contribution in [1.29, 1.82) is 0 Å². The summed E-state index contributed by atoms with van der Waals surface area (Å²) in [4.78, 5) is 27.0. The van der Waals surface area contributed by atoms with E-state index in [2.05, 4.69) is 31.3 Å². The van der Waals surface area contributed by atoms with E-state index < -0.39 is 0 Å². The Hall–Kier alpha value is -3.14. The van der Waals surface area contributed by atoms with Gasteiger partial charge in [-0.1, -0.05) is 42.5 Å². The van der Waals surface area contributed by atoms with E-state index >= 15 is 0 Å². The van der Waals surface area contributed by atoms with Crippen molar-refractivity contribution in [1.82, 2.24) is 5.32 Å². The number of carbonyl (C=O) groups is 2. The molecule has 4 rings (SSSR count). The van der Waals surface area contributed by atoms with Crippen molar-refractivity contribution < 1.29 is 9.59 Å². The number of hydrogen-bond acceptors (Lipinski definition) is 2. The molecule has 0 radical (unpaired) electrons. The van der Waals surface area contributed by atoms with Gasteiger partial charge < -0.3 is 5.32 Å². The highest BCUT2D eigenvalue weighted by Crippen LogP contribution is 2.36. The Balaban J connectivity index is 1.53. The quantitative estimate of drug-likeness (QED) is 0.756. The van der Waals surface area contributed by atoms with Crippen LogP contribution in [0.3, 0.4) is 0 Å². The first-order valence-corrected chi connectivity index (χ1v) is 9.16. The predicted molar refractivity (Wildman–Crippen MR) is 108 cm³/mol. The minimum Gasteiger partial charge on any atom is -0.348 e. The number of hydrogen-bond donors (Lipinski definition) is 1. The number of anilines is 1.